The van der Waals surface area contributed by atoms with Crippen LogP contribution in [-0.4, -0.2) is 6.16 Å². The van der Waals surface area contributed by atoms with E-state index >= 15 is 0 Å². The summed E-state index contributed by atoms with van der Waals surface area (Å²) in [6.45, 7) is 1.88. The van der Waals surface area contributed by atoms with Gasteiger partial charge in [-0.1, -0.05) is 73.7 Å². The normalized spacial score (nSPS) is 9.88. The van der Waals surface area contributed by atoms with E-state index in [1.165, 1.54) is 11.1 Å². The quantitative estimate of drug-likeness (QED) is 0.727. The fraction of sp³-hybridized carbons (Fsp3) is 0.143. The molecule has 2 aromatic rings. The van der Waals surface area contributed by atoms with Crippen LogP contribution in [0.3, 0.4) is 0 Å². The van der Waals surface area contributed by atoms with E-state index in [-0.39, 0.29) is 8.81 Å². The second-order valence-corrected chi connectivity index (χ2v) is 4.23. The van der Waals surface area contributed by atoms with E-state index in [4.69, 9.17) is 0 Å². The highest BCUT2D eigenvalue weighted by molar-refractivity contribution is 7.29. The van der Waals surface area contributed by atoms with Crippen molar-refractivity contribution in [2.24, 2.45) is 0 Å². The van der Waals surface area contributed by atoms with Crippen LogP contribution < -0.4 is 4.89 Å². The number of benzene rings is 2. The van der Waals surface area contributed by atoms with E-state index in [9.17, 15) is 4.89 Å². The van der Waals surface area contributed by atoms with Gasteiger partial charge in [0.25, 0.3) is 0 Å². The van der Waals surface area contributed by atoms with E-state index < -0.39 is 0 Å². The summed E-state index contributed by atoms with van der Waals surface area (Å²) in [5, 5.41) is 0. The van der Waals surface area contributed by atoms with Crippen molar-refractivity contribution in [3.63, 3.8) is 0 Å². The second kappa shape index (κ2) is 8.04. The van der Waals surface area contributed by atoms with Crippen LogP contribution in [0.2, 0.25) is 0 Å². The average molecular weight is 231 g/mol. The molecule has 0 aromatic heterocycles. The Kier molecular flexibility index (Phi) is 6.48. The summed E-state index contributed by atoms with van der Waals surface area (Å²) in [4.78, 5) is 9.33. The molecule has 0 aliphatic heterocycles. The Labute approximate surface area is 99.0 Å². The lowest BCUT2D eigenvalue weighted by molar-refractivity contribution is -0.150. The van der Waals surface area contributed by atoms with E-state index in [0.717, 1.165) is 6.16 Å². The highest BCUT2D eigenvalue weighted by Gasteiger charge is 1.91. The van der Waals surface area contributed by atoms with Crippen LogP contribution in [0.4, 0.5) is 0 Å². The molecule has 0 N–H and O–H groups in total. The van der Waals surface area contributed by atoms with Crippen LogP contribution in [0.1, 0.15) is 6.92 Å². The molecule has 2 rings (SSSR count). The molecule has 0 aliphatic carbocycles. The molecule has 0 spiro atoms. The molecule has 16 heavy (non-hydrogen) atoms. The van der Waals surface area contributed by atoms with Crippen LogP contribution in [-0.2, 0) is 0 Å². The largest absolute Gasteiger partial charge is 0.832 e. The van der Waals surface area contributed by atoms with Crippen LogP contribution in [0, 0.1) is 0 Å². The van der Waals surface area contributed by atoms with Gasteiger partial charge in [-0.25, -0.2) is 8.81 Å². The van der Waals surface area contributed by atoms with Gasteiger partial charge in [0.1, 0.15) is 0 Å². The fourth-order valence-corrected chi connectivity index (χ4v) is 1.26. The molecule has 0 saturated carbocycles. The topological polar surface area (TPSA) is 23.1 Å². The Balaban J connectivity index is 0.000000280. The fourth-order valence-electron chi connectivity index (χ4n) is 1.26. The van der Waals surface area contributed by atoms with E-state index in [0.29, 0.717) is 0 Å². The third-order valence-electron chi connectivity index (χ3n) is 2.03. The summed E-state index contributed by atoms with van der Waals surface area (Å²) < 4.78 is 0. The predicted octanol–water partition coefficient (Wildman–Crippen LogP) is 3.31. The minimum Gasteiger partial charge on any atom is -0.832 e. The maximum atomic E-state index is 9.33. The van der Waals surface area contributed by atoms with Gasteiger partial charge in [0.05, 0.1) is 0 Å². The third kappa shape index (κ3) is 4.57. The van der Waals surface area contributed by atoms with Crippen molar-refractivity contribution in [3.8, 4) is 11.1 Å². The summed E-state index contributed by atoms with van der Waals surface area (Å²) in [6.07, 6.45) is 0.792. The Morgan fingerprint density at radius 2 is 1.12 bits per heavy atom. The van der Waals surface area contributed by atoms with E-state index in [2.05, 4.69) is 48.5 Å². The highest BCUT2D eigenvalue weighted by Crippen LogP contribution is 2.17. The van der Waals surface area contributed by atoms with Crippen LogP contribution in [0.25, 0.3) is 11.1 Å². The monoisotopic (exact) mass is 231 g/mol. The van der Waals surface area contributed by atoms with Crippen molar-refractivity contribution >= 4 is 8.81 Å². The van der Waals surface area contributed by atoms with Crippen molar-refractivity contribution in [1.82, 2.24) is 0 Å². The summed E-state index contributed by atoms with van der Waals surface area (Å²) in [5.41, 5.74) is 2.55. The first-order valence-electron chi connectivity index (χ1n) is 5.34. The lowest BCUT2D eigenvalue weighted by Gasteiger charge is -1.98. The lowest BCUT2D eigenvalue weighted by Crippen LogP contribution is -1.78. The standard InChI is InChI=1S/C12H10.C2H6OP/c1-3-7-11(8-4-1)12-9-5-2-6-10-12;1-2-4-3/h1-10H;4H,2H2,1H3/q;-1. The molecule has 1 nitrogen and oxygen atoms in total. The first kappa shape index (κ1) is 12.9. The number of rotatable bonds is 2. The lowest BCUT2D eigenvalue weighted by atomic mass is 10.1. The smallest absolute Gasteiger partial charge is 0.0184 e. The molecule has 0 amide bonds. The van der Waals surface area contributed by atoms with Crippen molar-refractivity contribution in [2.75, 3.05) is 6.16 Å². The molecule has 0 fully saturated rings. The Morgan fingerprint density at radius 3 is 1.38 bits per heavy atom. The zero-order chi connectivity index (χ0) is 11.6. The van der Waals surface area contributed by atoms with Gasteiger partial charge < -0.3 is 4.89 Å². The van der Waals surface area contributed by atoms with Crippen molar-refractivity contribution in [2.45, 2.75) is 6.92 Å². The average Bonchev–Trinajstić information content (AvgIpc) is 2.41. The van der Waals surface area contributed by atoms with Gasteiger partial charge in [0, 0.05) is 0 Å². The van der Waals surface area contributed by atoms with Gasteiger partial charge in [0.2, 0.25) is 0 Å². The minimum atomic E-state index is -0.110. The number of hydrogen-bond donors (Lipinski definition) is 0. The van der Waals surface area contributed by atoms with Gasteiger partial charge >= 0.3 is 0 Å². The molecule has 0 radical (unpaired) electrons. The Bertz CT molecular complexity index is 333. The van der Waals surface area contributed by atoms with Gasteiger partial charge in [0.15, 0.2) is 0 Å². The number of hydrogen-bond acceptors (Lipinski definition) is 1. The molecule has 0 aliphatic rings. The van der Waals surface area contributed by atoms with E-state index in [1.54, 1.807) is 0 Å². The predicted molar refractivity (Wildman–Crippen MR) is 70.7 cm³/mol. The van der Waals surface area contributed by atoms with Crippen LogP contribution >= 0.6 is 8.81 Å². The third-order valence-corrected chi connectivity index (χ3v) is 2.31. The highest BCUT2D eigenvalue weighted by atomic mass is 31.1. The summed E-state index contributed by atoms with van der Waals surface area (Å²) in [5.74, 6) is 0. The molecule has 0 saturated heterocycles. The zero-order valence-corrected chi connectivity index (χ0v) is 10.4. The molecule has 84 valence electrons. The van der Waals surface area contributed by atoms with Gasteiger partial charge in [-0.15, -0.1) is 0 Å². The van der Waals surface area contributed by atoms with Crippen LogP contribution in [0.15, 0.2) is 60.7 Å². The maximum Gasteiger partial charge on any atom is -0.0184 e. The molecule has 2 aromatic carbocycles. The maximum absolute atomic E-state index is 9.33. The van der Waals surface area contributed by atoms with Gasteiger partial charge in [-0.2, -0.15) is 0 Å². The van der Waals surface area contributed by atoms with Crippen molar-refractivity contribution in [3.05, 3.63) is 60.7 Å². The summed E-state index contributed by atoms with van der Waals surface area (Å²) >= 11 is 0. The Morgan fingerprint density at radius 1 is 0.812 bits per heavy atom. The minimum absolute atomic E-state index is 0.110. The molecular formula is C14H16OP-. The van der Waals surface area contributed by atoms with Gasteiger partial charge in [-0.05, 0) is 11.1 Å². The molecule has 0 heterocycles. The second-order valence-electron chi connectivity index (χ2n) is 3.23. The molecule has 1 unspecified atom stereocenters. The van der Waals surface area contributed by atoms with Crippen LogP contribution in [0.5, 0.6) is 0 Å². The molecular weight excluding hydrogens is 215 g/mol. The van der Waals surface area contributed by atoms with Crippen molar-refractivity contribution < 1.29 is 4.89 Å². The summed E-state index contributed by atoms with van der Waals surface area (Å²) in [6, 6.07) is 20.8. The molecule has 1 atom stereocenters. The molecule has 0 bridgehead atoms. The Hall–Kier alpha value is -1.17. The van der Waals surface area contributed by atoms with Gasteiger partial charge in [-0.3, -0.25) is 0 Å². The first-order chi connectivity index (χ1) is 7.88. The van der Waals surface area contributed by atoms with Crippen molar-refractivity contribution in [1.29, 1.82) is 0 Å². The van der Waals surface area contributed by atoms with E-state index in [1.807, 2.05) is 19.1 Å². The molecule has 2 heteroatoms. The zero-order valence-electron chi connectivity index (χ0n) is 9.39. The SMILES string of the molecule is CCP[O-].c1ccc(-c2ccccc2)cc1. The first-order valence-corrected chi connectivity index (χ1v) is 6.45. The summed E-state index contributed by atoms with van der Waals surface area (Å²) in [7, 11) is -0.110.